The standard InChI is InChI=1S/C25H28N4OS/c1-2-30-20-14-12-19(13-15-20)29-24(22-11-7-17-28(22)18-8-3-4-9-18)23(27-25(29)31)21-10-5-6-16-26-21/h5-7,10-18,23-24H,2-4,8-9H2,1H3,(H,27,31). The molecule has 1 aliphatic carbocycles. The fourth-order valence-corrected chi connectivity index (χ4v) is 5.32. The van der Waals surface area contributed by atoms with E-state index in [9.17, 15) is 0 Å². The van der Waals surface area contributed by atoms with E-state index in [-0.39, 0.29) is 12.1 Å². The van der Waals surface area contributed by atoms with Gasteiger partial charge in [0, 0.05) is 29.8 Å². The highest BCUT2D eigenvalue weighted by molar-refractivity contribution is 7.80. The molecule has 0 bridgehead atoms. The third-order valence-corrected chi connectivity index (χ3v) is 6.67. The van der Waals surface area contributed by atoms with Crippen molar-refractivity contribution in [2.45, 2.75) is 50.7 Å². The summed E-state index contributed by atoms with van der Waals surface area (Å²) in [6, 6.07) is 19.3. The summed E-state index contributed by atoms with van der Waals surface area (Å²) < 4.78 is 8.12. The minimum atomic E-state index is -0.0182. The van der Waals surface area contributed by atoms with Gasteiger partial charge in [-0.1, -0.05) is 18.9 Å². The van der Waals surface area contributed by atoms with Crippen LogP contribution >= 0.6 is 12.2 Å². The molecule has 1 N–H and O–H groups in total. The molecule has 3 aromatic rings. The topological polar surface area (TPSA) is 42.3 Å². The molecule has 2 fully saturated rings. The number of ether oxygens (including phenoxy) is 1. The van der Waals surface area contributed by atoms with Gasteiger partial charge >= 0.3 is 0 Å². The predicted molar refractivity (Wildman–Crippen MR) is 127 cm³/mol. The van der Waals surface area contributed by atoms with Crippen LogP contribution in [0.25, 0.3) is 0 Å². The molecule has 6 heteroatoms. The van der Waals surface area contributed by atoms with Crippen LogP contribution in [-0.2, 0) is 0 Å². The highest BCUT2D eigenvalue weighted by atomic mass is 32.1. The Morgan fingerprint density at radius 1 is 1.06 bits per heavy atom. The molecule has 2 atom stereocenters. The minimum Gasteiger partial charge on any atom is -0.494 e. The normalized spacial score (nSPS) is 21.5. The van der Waals surface area contributed by atoms with Crippen LogP contribution in [0.3, 0.4) is 0 Å². The molecular formula is C25H28N4OS. The Kier molecular flexibility index (Phi) is 5.64. The lowest BCUT2D eigenvalue weighted by atomic mass is 10.00. The molecule has 0 radical (unpaired) electrons. The number of nitrogens with zero attached hydrogens (tertiary/aromatic N) is 3. The molecule has 31 heavy (non-hydrogen) atoms. The van der Waals surface area contributed by atoms with Gasteiger partial charge in [0.15, 0.2) is 5.11 Å². The second-order valence-electron chi connectivity index (χ2n) is 8.20. The first-order chi connectivity index (χ1) is 15.3. The SMILES string of the molecule is CCOc1ccc(N2C(=S)NC(c3ccccn3)C2c2cccn2C2CCCC2)cc1. The highest BCUT2D eigenvalue weighted by Crippen LogP contribution is 2.43. The van der Waals surface area contributed by atoms with Gasteiger partial charge in [-0.25, -0.2) is 0 Å². The highest BCUT2D eigenvalue weighted by Gasteiger charge is 2.42. The lowest BCUT2D eigenvalue weighted by Crippen LogP contribution is -2.30. The largest absolute Gasteiger partial charge is 0.494 e. The van der Waals surface area contributed by atoms with Crippen LogP contribution in [0.4, 0.5) is 5.69 Å². The van der Waals surface area contributed by atoms with Gasteiger partial charge in [-0.2, -0.15) is 0 Å². The van der Waals surface area contributed by atoms with E-state index in [4.69, 9.17) is 17.0 Å². The molecule has 1 aromatic carbocycles. The number of thiocarbonyl (C=S) groups is 1. The van der Waals surface area contributed by atoms with Gasteiger partial charge < -0.3 is 19.5 Å². The number of aromatic nitrogens is 2. The first-order valence-corrected chi connectivity index (χ1v) is 11.6. The number of pyridine rings is 1. The third kappa shape index (κ3) is 3.81. The van der Waals surface area contributed by atoms with E-state index in [1.165, 1.54) is 31.4 Å². The average molecular weight is 433 g/mol. The molecule has 160 valence electrons. The Morgan fingerprint density at radius 3 is 2.58 bits per heavy atom. The first-order valence-electron chi connectivity index (χ1n) is 11.2. The van der Waals surface area contributed by atoms with Gasteiger partial charge in [0.1, 0.15) is 11.8 Å². The van der Waals surface area contributed by atoms with Crippen LogP contribution in [0.1, 0.15) is 62.1 Å². The van der Waals surface area contributed by atoms with Crippen molar-refractivity contribution >= 4 is 23.0 Å². The molecule has 5 rings (SSSR count). The number of anilines is 1. The van der Waals surface area contributed by atoms with Crippen molar-refractivity contribution in [1.82, 2.24) is 14.9 Å². The second kappa shape index (κ2) is 8.71. The molecule has 2 aliphatic rings. The van der Waals surface area contributed by atoms with E-state index in [0.717, 1.165) is 22.2 Å². The summed E-state index contributed by atoms with van der Waals surface area (Å²) in [5, 5.41) is 4.29. The molecule has 2 aromatic heterocycles. The Balaban J connectivity index is 1.58. The van der Waals surface area contributed by atoms with Crippen molar-refractivity contribution in [1.29, 1.82) is 0 Å². The predicted octanol–water partition coefficient (Wildman–Crippen LogP) is 5.57. The zero-order chi connectivity index (χ0) is 21.2. The number of nitrogens with one attached hydrogen (secondary N) is 1. The number of hydrogen-bond acceptors (Lipinski definition) is 3. The van der Waals surface area contributed by atoms with Gasteiger partial charge in [0.2, 0.25) is 0 Å². The summed E-state index contributed by atoms with van der Waals surface area (Å²) in [4.78, 5) is 6.91. The average Bonchev–Trinajstić information content (AvgIpc) is 3.54. The van der Waals surface area contributed by atoms with Crippen LogP contribution in [0.2, 0.25) is 0 Å². The van der Waals surface area contributed by atoms with Crippen molar-refractivity contribution in [2.75, 3.05) is 11.5 Å². The molecule has 2 unspecified atom stereocenters. The van der Waals surface area contributed by atoms with Crippen molar-refractivity contribution < 1.29 is 4.74 Å². The summed E-state index contributed by atoms with van der Waals surface area (Å²) in [6.45, 7) is 2.65. The Morgan fingerprint density at radius 2 is 1.87 bits per heavy atom. The van der Waals surface area contributed by atoms with E-state index < -0.39 is 0 Å². The molecule has 3 heterocycles. The molecule has 1 saturated heterocycles. The van der Waals surface area contributed by atoms with Gasteiger partial charge in [-0.3, -0.25) is 4.98 Å². The van der Waals surface area contributed by atoms with E-state index in [0.29, 0.717) is 12.6 Å². The van der Waals surface area contributed by atoms with Crippen molar-refractivity contribution in [3.63, 3.8) is 0 Å². The maximum Gasteiger partial charge on any atom is 0.174 e. The smallest absolute Gasteiger partial charge is 0.174 e. The van der Waals surface area contributed by atoms with Crippen molar-refractivity contribution in [3.8, 4) is 5.75 Å². The summed E-state index contributed by atoms with van der Waals surface area (Å²) >= 11 is 5.86. The lowest BCUT2D eigenvalue weighted by molar-refractivity contribution is 0.340. The Labute approximate surface area is 189 Å². The molecule has 0 amide bonds. The molecule has 5 nitrogen and oxygen atoms in total. The van der Waals surface area contributed by atoms with Crippen LogP contribution in [0, 0.1) is 0 Å². The Hall–Kier alpha value is -2.86. The minimum absolute atomic E-state index is 0.0182. The van der Waals surface area contributed by atoms with Crippen LogP contribution < -0.4 is 15.0 Å². The molecular weight excluding hydrogens is 404 g/mol. The molecule has 1 saturated carbocycles. The zero-order valence-electron chi connectivity index (χ0n) is 17.8. The molecule has 0 spiro atoms. The summed E-state index contributed by atoms with van der Waals surface area (Å²) in [6.07, 6.45) is 9.17. The fourth-order valence-electron chi connectivity index (χ4n) is 4.98. The summed E-state index contributed by atoms with van der Waals surface area (Å²) in [7, 11) is 0. The monoisotopic (exact) mass is 432 g/mol. The maximum atomic E-state index is 5.86. The van der Waals surface area contributed by atoms with Gasteiger partial charge in [-0.05, 0) is 80.5 Å². The van der Waals surface area contributed by atoms with Crippen LogP contribution in [0.5, 0.6) is 5.75 Å². The van der Waals surface area contributed by atoms with Gasteiger partial charge in [0.05, 0.1) is 18.3 Å². The van der Waals surface area contributed by atoms with Gasteiger partial charge in [-0.15, -0.1) is 0 Å². The van der Waals surface area contributed by atoms with E-state index in [1.54, 1.807) is 0 Å². The summed E-state index contributed by atoms with van der Waals surface area (Å²) in [5.41, 5.74) is 3.34. The molecule has 1 aliphatic heterocycles. The van der Waals surface area contributed by atoms with E-state index in [1.807, 2.05) is 37.4 Å². The quantitative estimate of drug-likeness (QED) is 0.516. The number of rotatable bonds is 6. The Bertz CT molecular complexity index is 1030. The van der Waals surface area contributed by atoms with Gasteiger partial charge in [0.25, 0.3) is 0 Å². The number of hydrogen-bond donors (Lipinski definition) is 1. The van der Waals surface area contributed by atoms with E-state index in [2.05, 4.69) is 56.3 Å². The first kappa shape index (κ1) is 20.1. The van der Waals surface area contributed by atoms with E-state index >= 15 is 0 Å². The van der Waals surface area contributed by atoms with Crippen LogP contribution in [-0.4, -0.2) is 21.3 Å². The van der Waals surface area contributed by atoms with Crippen LogP contribution in [0.15, 0.2) is 67.0 Å². The second-order valence-corrected chi connectivity index (χ2v) is 8.59. The number of benzene rings is 1. The third-order valence-electron chi connectivity index (χ3n) is 6.36. The lowest BCUT2D eigenvalue weighted by Gasteiger charge is -2.30. The maximum absolute atomic E-state index is 5.86. The summed E-state index contributed by atoms with van der Waals surface area (Å²) in [5.74, 6) is 0.872. The van der Waals surface area contributed by atoms with Crippen molar-refractivity contribution in [3.05, 3.63) is 78.4 Å². The van der Waals surface area contributed by atoms with Crippen molar-refractivity contribution in [2.24, 2.45) is 0 Å². The fraction of sp³-hybridized carbons (Fsp3) is 0.360. The zero-order valence-corrected chi connectivity index (χ0v) is 18.6.